The molecule has 0 spiro atoms. The quantitative estimate of drug-likeness (QED) is 0.538. The number of aromatic nitrogens is 2. The van der Waals surface area contributed by atoms with Crippen LogP contribution in [0.3, 0.4) is 0 Å². The second kappa shape index (κ2) is 10.4. The number of halogens is 1. The average Bonchev–Trinajstić information content (AvgIpc) is 2.80. The van der Waals surface area contributed by atoms with Gasteiger partial charge in [0.05, 0.1) is 6.33 Å². The number of imidazole rings is 1. The maximum absolute atomic E-state index is 12.2. The molecule has 1 aliphatic carbocycles. The fourth-order valence-electron chi connectivity index (χ4n) is 3.02. The zero-order chi connectivity index (χ0) is 16.7. The fourth-order valence-corrected chi connectivity index (χ4v) is 4.00. The van der Waals surface area contributed by atoms with Gasteiger partial charge < -0.3 is 9.88 Å². The molecule has 2 N–H and O–H groups in total. The highest BCUT2D eigenvalue weighted by molar-refractivity contribution is 7.89. The third-order valence-electron chi connectivity index (χ3n) is 4.17. The zero-order valence-electron chi connectivity index (χ0n) is 14.7. The van der Waals surface area contributed by atoms with Crippen LogP contribution >= 0.6 is 12.4 Å². The summed E-state index contributed by atoms with van der Waals surface area (Å²) in [5.74, 6) is 0.455. The van der Waals surface area contributed by atoms with Crippen LogP contribution in [-0.2, 0) is 16.6 Å². The second-order valence-electron chi connectivity index (χ2n) is 6.84. The Morgan fingerprint density at radius 1 is 1.21 bits per heavy atom. The first-order valence-electron chi connectivity index (χ1n) is 8.72. The van der Waals surface area contributed by atoms with Crippen molar-refractivity contribution in [3.63, 3.8) is 0 Å². The molecule has 0 aliphatic heterocycles. The van der Waals surface area contributed by atoms with Crippen LogP contribution in [0.2, 0.25) is 0 Å². The van der Waals surface area contributed by atoms with E-state index in [2.05, 4.69) is 28.9 Å². The lowest BCUT2D eigenvalue weighted by molar-refractivity contribution is 0.461. The predicted octanol–water partition coefficient (Wildman–Crippen LogP) is 2.55. The first kappa shape index (κ1) is 21.4. The molecule has 1 aromatic heterocycles. The molecule has 0 bridgehead atoms. The number of nitrogens with zero attached hydrogens (tertiary/aromatic N) is 2. The zero-order valence-corrected chi connectivity index (χ0v) is 16.3. The summed E-state index contributed by atoms with van der Waals surface area (Å²) in [6.07, 6.45) is 10.8. The molecular weight excluding hydrogens is 348 g/mol. The van der Waals surface area contributed by atoms with Gasteiger partial charge in [-0.15, -0.1) is 12.4 Å². The number of nitrogens with one attached hydrogen (secondary N) is 2. The van der Waals surface area contributed by atoms with Crippen molar-refractivity contribution in [1.29, 1.82) is 0 Å². The van der Waals surface area contributed by atoms with Gasteiger partial charge in [0.1, 0.15) is 0 Å². The van der Waals surface area contributed by atoms with E-state index in [0.717, 1.165) is 6.54 Å². The molecule has 0 aromatic carbocycles. The monoisotopic (exact) mass is 378 g/mol. The van der Waals surface area contributed by atoms with Gasteiger partial charge >= 0.3 is 0 Å². The third kappa shape index (κ3) is 7.09. The van der Waals surface area contributed by atoms with Crippen molar-refractivity contribution in [2.45, 2.75) is 70.0 Å². The Labute approximate surface area is 152 Å². The summed E-state index contributed by atoms with van der Waals surface area (Å²) < 4.78 is 28.9. The Balaban J connectivity index is 0.00000288. The van der Waals surface area contributed by atoms with Crippen LogP contribution in [-0.4, -0.2) is 37.1 Å². The first-order chi connectivity index (χ1) is 11.0. The third-order valence-corrected chi connectivity index (χ3v) is 5.51. The summed E-state index contributed by atoms with van der Waals surface area (Å²) >= 11 is 0. The van der Waals surface area contributed by atoms with Crippen molar-refractivity contribution in [2.75, 3.05) is 13.1 Å². The van der Waals surface area contributed by atoms with E-state index in [0.29, 0.717) is 25.0 Å². The highest BCUT2D eigenvalue weighted by Gasteiger charge is 2.17. The fraction of sp³-hybridized carbons (Fsp3) is 0.812. The van der Waals surface area contributed by atoms with Crippen LogP contribution in [0.4, 0.5) is 0 Å². The Morgan fingerprint density at radius 3 is 2.50 bits per heavy atom. The molecule has 8 heteroatoms. The summed E-state index contributed by atoms with van der Waals surface area (Å²) in [7, 11) is -3.51. The van der Waals surface area contributed by atoms with E-state index in [1.54, 1.807) is 12.5 Å². The van der Waals surface area contributed by atoms with Crippen LogP contribution in [0.25, 0.3) is 0 Å². The second-order valence-corrected chi connectivity index (χ2v) is 8.56. The minimum absolute atomic E-state index is 0. The van der Waals surface area contributed by atoms with Gasteiger partial charge in [0, 0.05) is 31.9 Å². The van der Waals surface area contributed by atoms with Crippen LogP contribution in [0, 0.1) is 5.92 Å². The lowest BCUT2D eigenvalue weighted by Gasteiger charge is -2.16. The van der Waals surface area contributed by atoms with Crippen LogP contribution < -0.4 is 10.0 Å². The highest BCUT2D eigenvalue weighted by Crippen LogP contribution is 2.16. The Bertz CT molecular complexity index is 566. The van der Waals surface area contributed by atoms with Crippen molar-refractivity contribution in [2.24, 2.45) is 5.92 Å². The molecule has 0 atom stereocenters. The molecule has 140 valence electrons. The van der Waals surface area contributed by atoms with Crippen LogP contribution in [0.15, 0.2) is 17.6 Å². The standard InChI is InChI=1S/C16H30N4O2S.ClH/c1-14(2)11-20-12-16(18-13-20)23(21,22)19-10-9-17-15-7-5-3-4-6-8-15;/h12-15,17,19H,3-11H2,1-2H3;1H. The summed E-state index contributed by atoms with van der Waals surface area (Å²) in [5, 5.41) is 3.57. The molecule has 0 unspecified atom stereocenters. The van der Waals surface area contributed by atoms with Gasteiger partial charge in [-0.2, -0.15) is 0 Å². The SMILES string of the molecule is CC(C)Cn1cnc(S(=O)(=O)NCCNC2CCCCCC2)c1.Cl. The van der Waals surface area contributed by atoms with E-state index in [9.17, 15) is 8.42 Å². The van der Waals surface area contributed by atoms with Gasteiger partial charge in [-0.3, -0.25) is 0 Å². The van der Waals surface area contributed by atoms with E-state index in [1.165, 1.54) is 38.5 Å². The summed E-state index contributed by atoms with van der Waals surface area (Å²) in [6, 6.07) is 0.534. The van der Waals surface area contributed by atoms with E-state index in [4.69, 9.17) is 0 Å². The van der Waals surface area contributed by atoms with Gasteiger partial charge in [-0.05, 0) is 18.8 Å². The maximum Gasteiger partial charge on any atom is 0.259 e. The van der Waals surface area contributed by atoms with Crippen molar-refractivity contribution in [1.82, 2.24) is 19.6 Å². The molecule has 1 aromatic rings. The molecule has 1 fully saturated rings. The molecule has 0 saturated heterocycles. The van der Waals surface area contributed by atoms with Crippen molar-refractivity contribution in [3.05, 3.63) is 12.5 Å². The minimum Gasteiger partial charge on any atom is -0.336 e. The molecule has 1 aliphatic rings. The molecular formula is C16H31ClN4O2S. The Hall–Kier alpha value is -0.630. The number of sulfonamides is 1. The first-order valence-corrected chi connectivity index (χ1v) is 10.2. The molecule has 6 nitrogen and oxygen atoms in total. The maximum atomic E-state index is 12.2. The number of hydrogen-bond donors (Lipinski definition) is 2. The van der Waals surface area contributed by atoms with Crippen molar-refractivity contribution in [3.8, 4) is 0 Å². The highest BCUT2D eigenvalue weighted by atomic mass is 35.5. The molecule has 24 heavy (non-hydrogen) atoms. The van der Waals surface area contributed by atoms with Gasteiger partial charge in [-0.1, -0.05) is 39.5 Å². The molecule has 1 heterocycles. The Kier molecular flexibility index (Phi) is 9.26. The van der Waals surface area contributed by atoms with Crippen LogP contribution in [0.5, 0.6) is 0 Å². The lowest BCUT2D eigenvalue weighted by Crippen LogP contribution is -2.37. The molecule has 2 rings (SSSR count). The van der Waals surface area contributed by atoms with Crippen molar-refractivity contribution >= 4 is 22.4 Å². The molecule has 0 amide bonds. The van der Waals surface area contributed by atoms with Crippen molar-refractivity contribution < 1.29 is 8.42 Å². The van der Waals surface area contributed by atoms with E-state index >= 15 is 0 Å². The minimum atomic E-state index is -3.51. The van der Waals surface area contributed by atoms with Gasteiger partial charge in [0.2, 0.25) is 0 Å². The topological polar surface area (TPSA) is 76.0 Å². The number of hydrogen-bond acceptors (Lipinski definition) is 4. The summed E-state index contributed by atoms with van der Waals surface area (Å²) in [5.41, 5.74) is 0. The Morgan fingerprint density at radius 2 is 1.88 bits per heavy atom. The van der Waals surface area contributed by atoms with E-state index in [-0.39, 0.29) is 17.4 Å². The van der Waals surface area contributed by atoms with Gasteiger partial charge in [0.15, 0.2) is 5.03 Å². The molecule has 1 saturated carbocycles. The normalized spacial score (nSPS) is 16.8. The van der Waals surface area contributed by atoms with Crippen LogP contribution in [0.1, 0.15) is 52.4 Å². The van der Waals surface area contributed by atoms with E-state index < -0.39 is 10.0 Å². The largest absolute Gasteiger partial charge is 0.336 e. The smallest absolute Gasteiger partial charge is 0.259 e. The predicted molar refractivity (Wildman–Crippen MR) is 99.0 cm³/mol. The number of rotatable bonds is 8. The summed E-state index contributed by atoms with van der Waals surface area (Å²) in [6.45, 7) is 6.01. The average molecular weight is 379 g/mol. The van der Waals surface area contributed by atoms with E-state index in [1.807, 2.05) is 4.57 Å². The summed E-state index contributed by atoms with van der Waals surface area (Å²) in [4.78, 5) is 4.01. The molecule has 0 radical (unpaired) electrons. The lowest BCUT2D eigenvalue weighted by atomic mass is 10.1. The van der Waals surface area contributed by atoms with Gasteiger partial charge in [-0.25, -0.2) is 18.1 Å². The van der Waals surface area contributed by atoms with Gasteiger partial charge in [0.25, 0.3) is 10.0 Å².